The van der Waals surface area contributed by atoms with Crippen LogP contribution in [-0.4, -0.2) is 30.0 Å². The number of hydrogen-bond donors (Lipinski definition) is 1. The van der Waals surface area contributed by atoms with Crippen molar-refractivity contribution in [2.45, 2.75) is 12.5 Å². The lowest BCUT2D eigenvalue weighted by atomic mass is 10.2. The quantitative estimate of drug-likeness (QED) is 0.916. The van der Waals surface area contributed by atoms with Crippen molar-refractivity contribution < 1.29 is 9.21 Å². The van der Waals surface area contributed by atoms with Crippen LogP contribution in [-0.2, 0) is 0 Å². The molecule has 3 rings (SSSR count). The van der Waals surface area contributed by atoms with Crippen molar-refractivity contribution in [2.75, 3.05) is 18.0 Å². The Morgan fingerprint density at radius 2 is 2.56 bits per heavy atom. The fraction of sp³-hybridized carbons (Fsp3) is 0.333. The van der Waals surface area contributed by atoms with Gasteiger partial charge in [-0.25, -0.2) is 4.98 Å². The molecule has 94 valence electrons. The van der Waals surface area contributed by atoms with Gasteiger partial charge in [-0.1, -0.05) is 0 Å². The van der Waals surface area contributed by atoms with Crippen LogP contribution in [0.5, 0.6) is 0 Å². The van der Waals surface area contributed by atoms with Crippen molar-refractivity contribution >= 4 is 22.4 Å². The number of rotatable bonds is 3. The Morgan fingerprint density at radius 3 is 3.28 bits per heavy atom. The van der Waals surface area contributed by atoms with Crippen LogP contribution < -0.4 is 10.2 Å². The smallest absolute Gasteiger partial charge is 0.287 e. The molecule has 5 nitrogen and oxygen atoms in total. The zero-order chi connectivity index (χ0) is 12.4. The molecule has 18 heavy (non-hydrogen) atoms. The first kappa shape index (κ1) is 11.3. The molecular formula is C12H13N3O2S. The second-order valence-electron chi connectivity index (χ2n) is 4.20. The number of anilines is 1. The number of nitrogens with one attached hydrogen (secondary N) is 1. The SMILES string of the molecule is O=C(NC1CCN(c2nccs2)C1)c1ccco1. The molecule has 2 aromatic heterocycles. The van der Waals surface area contributed by atoms with E-state index in [4.69, 9.17) is 4.42 Å². The first-order valence-corrected chi connectivity index (χ1v) is 6.70. The molecule has 1 unspecified atom stereocenters. The molecule has 1 N–H and O–H groups in total. The van der Waals surface area contributed by atoms with E-state index in [0.717, 1.165) is 24.6 Å². The van der Waals surface area contributed by atoms with E-state index >= 15 is 0 Å². The van der Waals surface area contributed by atoms with Gasteiger partial charge in [0, 0.05) is 30.7 Å². The summed E-state index contributed by atoms with van der Waals surface area (Å²) in [7, 11) is 0. The van der Waals surface area contributed by atoms with E-state index in [1.54, 1.807) is 29.7 Å². The van der Waals surface area contributed by atoms with Crippen molar-refractivity contribution in [3.63, 3.8) is 0 Å². The summed E-state index contributed by atoms with van der Waals surface area (Å²) in [5, 5.41) is 5.96. The summed E-state index contributed by atoms with van der Waals surface area (Å²) in [5.74, 6) is 0.216. The van der Waals surface area contributed by atoms with E-state index in [-0.39, 0.29) is 11.9 Å². The summed E-state index contributed by atoms with van der Waals surface area (Å²) in [6, 6.07) is 3.54. The molecule has 1 fully saturated rings. The molecule has 1 aliphatic rings. The van der Waals surface area contributed by atoms with Gasteiger partial charge in [-0.15, -0.1) is 11.3 Å². The highest BCUT2D eigenvalue weighted by Crippen LogP contribution is 2.22. The normalized spacial score (nSPS) is 19.1. The molecule has 0 radical (unpaired) electrons. The minimum Gasteiger partial charge on any atom is -0.459 e. The molecule has 1 aliphatic heterocycles. The zero-order valence-corrected chi connectivity index (χ0v) is 10.5. The Hall–Kier alpha value is -1.82. The van der Waals surface area contributed by atoms with Gasteiger partial charge in [0.05, 0.1) is 6.26 Å². The minimum absolute atomic E-state index is 0.147. The van der Waals surface area contributed by atoms with Crippen molar-refractivity contribution in [3.05, 3.63) is 35.7 Å². The predicted molar refractivity (Wildman–Crippen MR) is 68.9 cm³/mol. The second kappa shape index (κ2) is 4.81. The van der Waals surface area contributed by atoms with E-state index in [9.17, 15) is 4.79 Å². The molecule has 0 saturated carbocycles. The van der Waals surface area contributed by atoms with Gasteiger partial charge in [-0.3, -0.25) is 4.79 Å². The summed E-state index contributed by atoms with van der Waals surface area (Å²) >= 11 is 1.62. The van der Waals surface area contributed by atoms with Crippen LogP contribution in [0.3, 0.4) is 0 Å². The standard InChI is InChI=1S/C12H13N3O2S/c16-11(10-2-1-6-17-10)14-9-3-5-15(8-9)12-13-4-7-18-12/h1-2,4,6-7,9H,3,5,8H2,(H,14,16). The summed E-state index contributed by atoms with van der Waals surface area (Å²) in [6.45, 7) is 1.73. The third-order valence-corrected chi connectivity index (χ3v) is 3.79. The average Bonchev–Trinajstić information content (AvgIpc) is 3.12. The largest absolute Gasteiger partial charge is 0.459 e. The number of thiazole rings is 1. The summed E-state index contributed by atoms with van der Waals surface area (Å²) < 4.78 is 5.07. The number of aromatic nitrogens is 1. The third kappa shape index (κ3) is 2.24. The highest BCUT2D eigenvalue weighted by Gasteiger charge is 2.26. The van der Waals surface area contributed by atoms with Crippen molar-refractivity contribution in [1.29, 1.82) is 0 Å². The maximum absolute atomic E-state index is 11.8. The summed E-state index contributed by atoms with van der Waals surface area (Å²) in [5.41, 5.74) is 0. The monoisotopic (exact) mass is 263 g/mol. The van der Waals surface area contributed by atoms with E-state index < -0.39 is 0 Å². The van der Waals surface area contributed by atoms with Crippen LogP contribution in [0.4, 0.5) is 5.13 Å². The lowest BCUT2D eigenvalue weighted by Crippen LogP contribution is -2.36. The van der Waals surface area contributed by atoms with Gasteiger partial charge in [-0.2, -0.15) is 0 Å². The van der Waals surface area contributed by atoms with E-state index in [2.05, 4.69) is 15.2 Å². The zero-order valence-electron chi connectivity index (χ0n) is 9.70. The predicted octanol–water partition coefficient (Wildman–Crippen LogP) is 1.74. The molecule has 1 saturated heterocycles. The Kier molecular flexibility index (Phi) is 3.02. The molecular weight excluding hydrogens is 250 g/mol. The lowest BCUT2D eigenvalue weighted by Gasteiger charge is -2.15. The van der Waals surface area contributed by atoms with Crippen LogP contribution in [0.15, 0.2) is 34.4 Å². The number of hydrogen-bond acceptors (Lipinski definition) is 5. The maximum atomic E-state index is 11.8. The summed E-state index contributed by atoms with van der Waals surface area (Å²) in [4.78, 5) is 18.3. The van der Waals surface area contributed by atoms with Gasteiger partial charge in [0.25, 0.3) is 5.91 Å². The highest BCUT2D eigenvalue weighted by atomic mass is 32.1. The van der Waals surface area contributed by atoms with Crippen LogP contribution in [0, 0.1) is 0 Å². The van der Waals surface area contributed by atoms with Crippen molar-refractivity contribution in [1.82, 2.24) is 10.3 Å². The van der Waals surface area contributed by atoms with Gasteiger partial charge in [-0.05, 0) is 18.6 Å². The first-order chi connectivity index (χ1) is 8.83. The van der Waals surface area contributed by atoms with E-state index in [1.165, 1.54) is 6.26 Å². The van der Waals surface area contributed by atoms with E-state index in [0.29, 0.717) is 5.76 Å². The molecule has 6 heteroatoms. The van der Waals surface area contributed by atoms with Gasteiger partial charge >= 0.3 is 0 Å². The Bertz CT molecular complexity index is 509. The Labute approximate surface area is 108 Å². The number of carbonyl (C=O) groups is 1. The van der Waals surface area contributed by atoms with Crippen LogP contribution in [0.2, 0.25) is 0 Å². The van der Waals surface area contributed by atoms with Crippen LogP contribution >= 0.6 is 11.3 Å². The summed E-state index contributed by atoms with van der Waals surface area (Å²) in [6.07, 6.45) is 4.24. The molecule has 1 amide bonds. The van der Waals surface area contributed by atoms with Gasteiger partial charge in [0.1, 0.15) is 0 Å². The number of furan rings is 1. The highest BCUT2D eigenvalue weighted by molar-refractivity contribution is 7.13. The molecule has 1 atom stereocenters. The molecule has 0 bridgehead atoms. The van der Waals surface area contributed by atoms with Gasteiger partial charge < -0.3 is 14.6 Å². The molecule has 3 heterocycles. The van der Waals surface area contributed by atoms with Crippen molar-refractivity contribution in [2.24, 2.45) is 0 Å². The number of nitrogens with zero attached hydrogens (tertiary/aromatic N) is 2. The van der Waals surface area contributed by atoms with Gasteiger partial charge in [0.2, 0.25) is 0 Å². The fourth-order valence-corrected chi connectivity index (χ4v) is 2.77. The Balaban J connectivity index is 1.58. The topological polar surface area (TPSA) is 58.4 Å². The lowest BCUT2D eigenvalue weighted by molar-refractivity contribution is 0.0912. The number of amides is 1. The molecule has 2 aromatic rings. The van der Waals surface area contributed by atoms with Crippen LogP contribution in [0.25, 0.3) is 0 Å². The maximum Gasteiger partial charge on any atom is 0.287 e. The van der Waals surface area contributed by atoms with Crippen molar-refractivity contribution in [3.8, 4) is 0 Å². The Morgan fingerprint density at radius 1 is 1.61 bits per heavy atom. The molecule has 0 aliphatic carbocycles. The van der Waals surface area contributed by atoms with Crippen LogP contribution in [0.1, 0.15) is 17.0 Å². The first-order valence-electron chi connectivity index (χ1n) is 5.82. The average molecular weight is 263 g/mol. The van der Waals surface area contributed by atoms with E-state index in [1.807, 2.05) is 5.38 Å². The van der Waals surface area contributed by atoms with Gasteiger partial charge in [0.15, 0.2) is 10.9 Å². The fourth-order valence-electron chi connectivity index (χ4n) is 2.09. The third-order valence-electron chi connectivity index (χ3n) is 2.96. The number of carbonyl (C=O) groups excluding carboxylic acids is 1. The second-order valence-corrected chi connectivity index (χ2v) is 5.07. The molecule has 0 spiro atoms. The minimum atomic E-state index is -0.147. The molecule has 0 aromatic carbocycles.